The number of ether oxygens (including phenoxy) is 1. The third-order valence-electron chi connectivity index (χ3n) is 8.92. The Labute approximate surface area is 224 Å². The van der Waals surface area contributed by atoms with Crippen LogP contribution in [0, 0.1) is 5.92 Å². The van der Waals surface area contributed by atoms with Gasteiger partial charge in [0.15, 0.2) is 11.5 Å². The van der Waals surface area contributed by atoms with E-state index in [1.807, 2.05) is 28.5 Å². The highest BCUT2D eigenvalue weighted by Crippen LogP contribution is 2.65. The highest BCUT2D eigenvalue weighted by atomic mass is 79.9. The second-order valence-electron chi connectivity index (χ2n) is 11.3. The third kappa shape index (κ3) is 3.37. The lowest BCUT2D eigenvalue weighted by Crippen LogP contribution is -2.78. The minimum absolute atomic E-state index is 0.00675. The van der Waals surface area contributed by atoms with E-state index in [0.717, 1.165) is 39.9 Å². The zero-order valence-electron chi connectivity index (χ0n) is 20.9. The molecule has 2 bridgehead atoms. The van der Waals surface area contributed by atoms with Crippen LogP contribution in [-0.2, 0) is 16.6 Å². The van der Waals surface area contributed by atoms with Gasteiger partial charge < -0.3 is 24.7 Å². The summed E-state index contributed by atoms with van der Waals surface area (Å²) in [5, 5.41) is 25.3. The number of aliphatic hydroxyl groups is 1. The molecule has 2 N–H and O–H groups in total. The molecule has 4 aliphatic rings. The molecule has 36 heavy (non-hydrogen) atoms. The van der Waals surface area contributed by atoms with Gasteiger partial charge in [0.1, 0.15) is 6.10 Å². The minimum atomic E-state index is -0.959. The molecule has 2 fully saturated rings. The summed E-state index contributed by atoms with van der Waals surface area (Å²) in [6, 6.07) is 5.52. The fourth-order valence-corrected chi connectivity index (χ4v) is 8.83. The smallest absolute Gasteiger partial charge is 0.246 e. The monoisotopic (exact) mass is 572 g/mol. The van der Waals surface area contributed by atoms with Crippen molar-refractivity contribution in [3.63, 3.8) is 0 Å². The molecule has 1 spiro atoms. The van der Waals surface area contributed by atoms with Gasteiger partial charge in [0.25, 0.3) is 0 Å². The lowest BCUT2D eigenvalue weighted by molar-refractivity contribution is -0.197. The maximum Gasteiger partial charge on any atom is 0.246 e. The van der Waals surface area contributed by atoms with Crippen molar-refractivity contribution < 1.29 is 19.7 Å². The fourth-order valence-electron chi connectivity index (χ4n) is 7.49. The predicted molar refractivity (Wildman–Crippen MR) is 145 cm³/mol. The number of likely N-dealkylation sites (tertiary alicyclic amines) is 1. The van der Waals surface area contributed by atoms with Crippen LogP contribution in [-0.4, -0.2) is 69.8 Å². The molecule has 6 rings (SSSR count). The van der Waals surface area contributed by atoms with Crippen LogP contribution in [0.3, 0.4) is 0 Å². The predicted octanol–water partition coefficient (Wildman–Crippen LogP) is 4.57. The van der Waals surface area contributed by atoms with Crippen LogP contribution >= 0.6 is 27.3 Å². The van der Waals surface area contributed by atoms with E-state index in [9.17, 15) is 15.0 Å². The van der Waals surface area contributed by atoms with Crippen LogP contribution < -0.4 is 4.74 Å². The zero-order chi connectivity index (χ0) is 25.4. The van der Waals surface area contributed by atoms with Gasteiger partial charge in [-0.15, -0.1) is 11.3 Å². The van der Waals surface area contributed by atoms with E-state index in [-0.39, 0.29) is 29.7 Å². The maximum atomic E-state index is 13.7. The lowest BCUT2D eigenvalue weighted by Gasteiger charge is -2.64. The molecular weight excluding hydrogens is 540 g/mol. The van der Waals surface area contributed by atoms with E-state index in [4.69, 9.17) is 4.74 Å². The number of phenolic OH excluding ortho intramolecular Hbond substituents is 1. The standard InChI is InChI=1S/C28H33BrN2O4S/c1-16(2)14-31(23(33)7-5-19-13-18(29)15-36-19)20-8-9-28(34)22-12-17-4-6-21(32)25-24(17)27(28,26(20)35-25)10-11-30(22)3/h4-7,13,15-16,20,22,26,32,34H,8-12,14H2,1-3H3/b7-5+/t20-,22-,26+,27+,28-/m1/s1. The number of likely N-dealkylation sites (N-methyl/N-ethyl adjacent to an activating group) is 1. The van der Waals surface area contributed by atoms with Crippen molar-refractivity contribution in [1.29, 1.82) is 0 Å². The number of benzene rings is 1. The summed E-state index contributed by atoms with van der Waals surface area (Å²) in [5.74, 6) is 0.882. The lowest BCUT2D eigenvalue weighted by atomic mass is 9.48. The van der Waals surface area contributed by atoms with Gasteiger partial charge in [0, 0.05) is 39.0 Å². The van der Waals surface area contributed by atoms with Gasteiger partial charge in [-0.05, 0) is 84.9 Å². The molecule has 1 saturated heterocycles. The molecule has 8 heteroatoms. The van der Waals surface area contributed by atoms with Crippen molar-refractivity contribution >= 4 is 39.2 Å². The summed E-state index contributed by atoms with van der Waals surface area (Å²) in [6.45, 7) is 5.70. The Morgan fingerprint density at radius 2 is 2.19 bits per heavy atom. The number of carbonyl (C=O) groups excluding carboxylic acids is 1. The maximum absolute atomic E-state index is 13.7. The van der Waals surface area contributed by atoms with Gasteiger partial charge >= 0.3 is 0 Å². The number of rotatable bonds is 5. The average molecular weight is 574 g/mol. The van der Waals surface area contributed by atoms with Gasteiger partial charge in [-0.2, -0.15) is 0 Å². The first-order chi connectivity index (χ1) is 17.2. The first-order valence-electron chi connectivity index (χ1n) is 12.8. The number of hydrogen-bond donors (Lipinski definition) is 2. The van der Waals surface area contributed by atoms with E-state index >= 15 is 0 Å². The Morgan fingerprint density at radius 3 is 2.92 bits per heavy atom. The van der Waals surface area contributed by atoms with Gasteiger partial charge in [-0.1, -0.05) is 19.9 Å². The quantitative estimate of drug-likeness (QED) is 0.513. The molecule has 3 heterocycles. The highest BCUT2D eigenvalue weighted by molar-refractivity contribution is 9.10. The zero-order valence-corrected chi connectivity index (χ0v) is 23.3. The molecule has 0 unspecified atom stereocenters. The Hall–Kier alpha value is -1.87. The number of piperidine rings is 1. The van der Waals surface area contributed by atoms with E-state index in [1.165, 1.54) is 0 Å². The summed E-state index contributed by atoms with van der Waals surface area (Å²) in [5.41, 5.74) is 0.544. The molecule has 5 atom stereocenters. The van der Waals surface area contributed by atoms with Crippen LogP contribution in [0.2, 0.25) is 0 Å². The summed E-state index contributed by atoms with van der Waals surface area (Å²) in [7, 11) is 2.10. The molecule has 1 saturated carbocycles. The number of hydrogen-bond acceptors (Lipinski definition) is 6. The number of aromatic hydroxyl groups is 1. The van der Waals surface area contributed by atoms with Crippen LogP contribution in [0.1, 0.15) is 49.1 Å². The molecule has 192 valence electrons. The van der Waals surface area contributed by atoms with Crippen molar-refractivity contribution in [3.05, 3.63) is 50.1 Å². The van der Waals surface area contributed by atoms with Gasteiger partial charge in [-0.25, -0.2) is 0 Å². The Bertz CT molecular complexity index is 1240. The van der Waals surface area contributed by atoms with Crippen molar-refractivity contribution in [3.8, 4) is 11.5 Å². The molecule has 2 aliphatic carbocycles. The summed E-state index contributed by atoms with van der Waals surface area (Å²) in [6.07, 6.45) is 5.89. The number of amides is 1. The third-order valence-corrected chi connectivity index (χ3v) is 10.6. The highest BCUT2D eigenvalue weighted by Gasteiger charge is 2.73. The van der Waals surface area contributed by atoms with Gasteiger partial charge in [-0.3, -0.25) is 4.79 Å². The first kappa shape index (κ1) is 24.5. The second-order valence-corrected chi connectivity index (χ2v) is 13.2. The number of nitrogens with zero attached hydrogens (tertiary/aromatic N) is 2. The Morgan fingerprint density at radius 1 is 1.39 bits per heavy atom. The summed E-state index contributed by atoms with van der Waals surface area (Å²) >= 11 is 5.07. The Kier molecular flexibility index (Phi) is 5.83. The molecule has 2 aromatic rings. The molecule has 2 aliphatic heterocycles. The second kappa shape index (κ2) is 8.58. The van der Waals surface area contributed by atoms with Crippen LogP contribution in [0.25, 0.3) is 6.08 Å². The Balaban J connectivity index is 1.43. The summed E-state index contributed by atoms with van der Waals surface area (Å²) in [4.78, 5) is 19.0. The molecule has 1 amide bonds. The van der Waals surface area contributed by atoms with E-state index in [1.54, 1.807) is 23.5 Å². The van der Waals surface area contributed by atoms with Crippen molar-refractivity contribution in [2.45, 2.75) is 68.7 Å². The minimum Gasteiger partial charge on any atom is -0.504 e. The fraction of sp³-hybridized carbons (Fsp3) is 0.536. The molecule has 1 aromatic heterocycles. The normalized spacial score (nSPS) is 32.6. The topological polar surface area (TPSA) is 73.2 Å². The van der Waals surface area contributed by atoms with Crippen molar-refractivity contribution in [2.75, 3.05) is 20.1 Å². The molecule has 6 nitrogen and oxygen atoms in total. The van der Waals surface area contributed by atoms with Gasteiger partial charge in [0.05, 0.1) is 17.1 Å². The molecule has 1 aromatic carbocycles. The van der Waals surface area contributed by atoms with Crippen LogP contribution in [0.15, 0.2) is 34.1 Å². The molecular formula is C28H33BrN2O4S. The molecule has 0 radical (unpaired) electrons. The average Bonchev–Trinajstić information content (AvgIpc) is 3.41. The van der Waals surface area contributed by atoms with Crippen LogP contribution in [0.4, 0.5) is 0 Å². The number of carbonyl (C=O) groups is 1. The van der Waals surface area contributed by atoms with Crippen molar-refractivity contribution in [2.24, 2.45) is 5.92 Å². The van der Waals surface area contributed by atoms with E-state index in [0.29, 0.717) is 25.1 Å². The first-order valence-corrected chi connectivity index (χ1v) is 14.5. The largest absolute Gasteiger partial charge is 0.504 e. The van der Waals surface area contributed by atoms with E-state index < -0.39 is 17.1 Å². The van der Waals surface area contributed by atoms with Crippen LogP contribution in [0.5, 0.6) is 11.5 Å². The number of phenols is 1. The van der Waals surface area contributed by atoms with E-state index in [2.05, 4.69) is 41.7 Å². The van der Waals surface area contributed by atoms with Crippen molar-refractivity contribution in [1.82, 2.24) is 9.80 Å². The van der Waals surface area contributed by atoms with Gasteiger partial charge in [0.2, 0.25) is 5.91 Å². The SMILES string of the molecule is CC(C)CN(C(=O)/C=C/c1cc(Br)cs1)[C@@H]1CC[C@@]2(O)[C@H]3Cc4ccc(O)c5c4[C@@]2(CCN3C)[C@H]1O5. The number of halogens is 1. The number of thiophene rings is 1. The summed E-state index contributed by atoms with van der Waals surface area (Å²) < 4.78 is 7.66.